The van der Waals surface area contributed by atoms with E-state index < -0.39 is 11.1 Å². The van der Waals surface area contributed by atoms with Gasteiger partial charge in [-0.1, -0.05) is 91.7 Å². The molecule has 0 N–H and O–H groups in total. The SMILES string of the molecule is CC(C)(C)OC(=O)C(CCCCB1OC(C)(C)C(C)(C)O1)(CCCOc1ccccc1)N=C(c1ccccc1)c1ccccc1. The molecule has 7 heteroatoms. The molecule has 1 unspecified atom stereocenters. The standard InChI is InChI=1S/C38H50BNO5/c1-35(2,3)43-34(41)38(27-19-29-42-32-24-15-10-16-25-32,26-17-18-28-39-44-36(4,5)37(6,7)45-39)40-33(30-20-11-8-12-21-30)31-22-13-9-14-23-31/h8-16,20-25H,17-19,26-29H2,1-7H3. The molecule has 0 aromatic heterocycles. The Balaban J connectivity index is 1.66. The van der Waals surface area contributed by atoms with Gasteiger partial charge in [-0.05, 0) is 86.2 Å². The van der Waals surface area contributed by atoms with Crippen molar-refractivity contribution in [1.82, 2.24) is 0 Å². The summed E-state index contributed by atoms with van der Waals surface area (Å²) in [5.41, 5.74) is 0.147. The van der Waals surface area contributed by atoms with E-state index in [1.165, 1.54) is 0 Å². The fourth-order valence-electron chi connectivity index (χ4n) is 5.44. The molecule has 4 rings (SSSR count). The Morgan fingerprint density at radius 1 is 0.733 bits per heavy atom. The van der Waals surface area contributed by atoms with Crippen LogP contribution >= 0.6 is 0 Å². The number of carbonyl (C=O) groups is 1. The zero-order valence-corrected chi connectivity index (χ0v) is 28.2. The molecule has 1 heterocycles. The lowest BCUT2D eigenvalue weighted by Gasteiger charge is -2.33. The van der Waals surface area contributed by atoms with E-state index in [4.69, 9.17) is 23.8 Å². The number of hydrogen-bond donors (Lipinski definition) is 0. The summed E-state index contributed by atoms with van der Waals surface area (Å²) in [4.78, 5) is 19.8. The highest BCUT2D eigenvalue weighted by Gasteiger charge is 2.50. The van der Waals surface area contributed by atoms with Gasteiger partial charge in [0.25, 0.3) is 0 Å². The summed E-state index contributed by atoms with van der Waals surface area (Å²) < 4.78 is 24.7. The predicted molar refractivity (Wildman–Crippen MR) is 183 cm³/mol. The predicted octanol–water partition coefficient (Wildman–Crippen LogP) is 8.73. The molecule has 1 aliphatic heterocycles. The number of hydrogen-bond acceptors (Lipinski definition) is 6. The minimum absolute atomic E-state index is 0.280. The second kappa shape index (κ2) is 14.8. The lowest BCUT2D eigenvalue weighted by molar-refractivity contribution is -0.162. The summed E-state index contributed by atoms with van der Waals surface area (Å²) in [7, 11) is -0.280. The first-order chi connectivity index (χ1) is 21.3. The molecule has 240 valence electrons. The molecule has 0 amide bonds. The minimum atomic E-state index is -1.12. The molecule has 0 bridgehead atoms. The van der Waals surface area contributed by atoms with Gasteiger partial charge in [-0.25, -0.2) is 4.79 Å². The van der Waals surface area contributed by atoms with E-state index in [1.807, 2.05) is 112 Å². The lowest BCUT2D eigenvalue weighted by atomic mass is 9.80. The summed E-state index contributed by atoms with van der Waals surface area (Å²) >= 11 is 0. The van der Waals surface area contributed by atoms with Crippen LogP contribution in [0.2, 0.25) is 6.32 Å². The molecule has 45 heavy (non-hydrogen) atoms. The number of unbranched alkanes of at least 4 members (excludes halogenated alkanes) is 1. The van der Waals surface area contributed by atoms with E-state index in [0.717, 1.165) is 41.7 Å². The van der Waals surface area contributed by atoms with E-state index in [0.29, 0.717) is 25.9 Å². The smallest absolute Gasteiger partial charge is 0.457 e. The van der Waals surface area contributed by atoms with E-state index in [-0.39, 0.29) is 24.3 Å². The third kappa shape index (κ3) is 9.54. The van der Waals surface area contributed by atoms with Gasteiger partial charge in [-0.3, -0.25) is 4.99 Å². The molecule has 0 saturated carbocycles. The van der Waals surface area contributed by atoms with Gasteiger partial charge in [0, 0.05) is 11.1 Å². The maximum Gasteiger partial charge on any atom is 0.457 e. The summed E-state index contributed by atoms with van der Waals surface area (Å²) in [6.07, 6.45) is 3.95. The van der Waals surface area contributed by atoms with Gasteiger partial charge in [0.15, 0.2) is 5.54 Å². The molecular formula is C38H50BNO5. The highest BCUT2D eigenvalue weighted by molar-refractivity contribution is 6.45. The summed E-state index contributed by atoms with van der Waals surface area (Å²) in [6, 6.07) is 29.9. The van der Waals surface area contributed by atoms with Crippen LogP contribution in [0.1, 0.15) is 91.7 Å². The Morgan fingerprint density at radius 3 is 1.73 bits per heavy atom. The second-order valence-electron chi connectivity index (χ2n) is 13.9. The fraction of sp³-hybridized carbons (Fsp3) is 0.474. The van der Waals surface area contributed by atoms with Gasteiger partial charge >= 0.3 is 13.1 Å². The average molecular weight is 612 g/mol. The van der Waals surface area contributed by atoms with Crippen molar-refractivity contribution >= 4 is 18.8 Å². The van der Waals surface area contributed by atoms with Crippen molar-refractivity contribution in [2.45, 2.75) is 109 Å². The van der Waals surface area contributed by atoms with Crippen molar-refractivity contribution in [3.05, 3.63) is 102 Å². The number of aliphatic imine (C=N–C) groups is 1. The Bertz CT molecular complexity index is 1330. The van der Waals surface area contributed by atoms with Gasteiger partial charge in [-0.2, -0.15) is 0 Å². The van der Waals surface area contributed by atoms with Crippen LogP contribution in [0, 0.1) is 0 Å². The number of ether oxygens (including phenoxy) is 2. The first-order valence-corrected chi connectivity index (χ1v) is 16.3. The highest BCUT2D eigenvalue weighted by Crippen LogP contribution is 2.39. The number of benzene rings is 3. The van der Waals surface area contributed by atoms with Crippen LogP contribution in [0.5, 0.6) is 5.75 Å². The van der Waals surface area contributed by atoms with Crippen LogP contribution < -0.4 is 4.74 Å². The maximum atomic E-state index is 14.3. The first-order valence-electron chi connectivity index (χ1n) is 16.3. The van der Waals surface area contributed by atoms with Crippen molar-refractivity contribution in [2.75, 3.05) is 6.61 Å². The number of carbonyl (C=O) groups excluding carboxylic acids is 1. The van der Waals surface area contributed by atoms with Gasteiger partial charge in [0.2, 0.25) is 0 Å². The second-order valence-corrected chi connectivity index (χ2v) is 13.9. The Kier molecular flexibility index (Phi) is 11.3. The molecular weight excluding hydrogens is 561 g/mol. The van der Waals surface area contributed by atoms with Crippen molar-refractivity contribution in [3.8, 4) is 5.75 Å². The zero-order valence-electron chi connectivity index (χ0n) is 28.2. The third-order valence-electron chi connectivity index (χ3n) is 8.53. The molecule has 3 aromatic rings. The molecule has 1 aliphatic rings. The summed E-state index contributed by atoms with van der Waals surface area (Å²) in [6.45, 7) is 14.5. The van der Waals surface area contributed by atoms with E-state index >= 15 is 0 Å². The van der Waals surface area contributed by atoms with E-state index in [2.05, 4.69) is 27.7 Å². The van der Waals surface area contributed by atoms with Crippen LogP contribution in [0.4, 0.5) is 0 Å². The molecule has 3 aromatic carbocycles. The normalized spacial score (nSPS) is 16.9. The van der Waals surface area contributed by atoms with E-state index in [9.17, 15) is 4.79 Å². The van der Waals surface area contributed by atoms with Gasteiger partial charge in [0.05, 0.1) is 23.5 Å². The van der Waals surface area contributed by atoms with Crippen LogP contribution in [0.15, 0.2) is 96.0 Å². The van der Waals surface area contributed by atoms with Crippen molar-refractivity contribution in [3.63, 3.8) is 0 Å². The number of rotatable bonds is 14. The topological polar surface area (TPSA) is 66.4 Å². The number of esters is 1. The molecule has 1 atom stereocenters. The first kappa shape index (κ1) is 34.5. The van der Waals surface area contributed by atoms with Crippen LogP contribution in [-0.4, -0.2) is 47.7 Å². The molecule has 0 aliphatic carbocycles. The molecule has 1 fully saturated rings. The Morgan fingerprint density at radius 2 is 1.22 bits per heavy atom. The molecule has 6 nitrogen and oxygen atoms in total. The molecule has 0 radical (unpaired) electrons. The summed E-state index contributed by atoms with van der Waals surface area (Å²) in [5.74, 6) is 0.496. The monoisotopic (exact) mass is 611 g/mol. The lowest BCUT2D eigenvalue weighted by Crippen LogP contribution is -2.43. The van der Waals surface area contributed by atoms with Crippen LogP contribution in [0.25, 0.3) is 0 Å². The maximum absolute atomic E-state index is 14.3. The highest BCUT2D eigenvalue weighted by atomic mass is 16.7. The van der Waals surface area contributed by atoms with Crippen molar-refractivity contribution < 1.29 is 23.6 Å². The molecule has 1 saturated heterocycles. The summed E-state index contributed by atoms with van der Waals surface area (Å²) in [5, 5.41) is 0. The van der Waals surface area contributed by atoms with Gasteiger partial charge < -0.3 is 18.8 Å². The van der Waals surface area contributed by atoms with Crippen LogP contribution in [-0.2, 0) is 18.8 Å². The van der Waals surface area contributed by atoms with Gasteiger partial charge in [0.1, 0.15) is 11.4 Å². The third-order valence-corrected chi connectivity index (χ3v) is 8.53. The Labute approximate surface area is 270 Å². The van der Waals surface area contributed by atoms with Gasteiger partial charge in [-0.15, -0.1) is 0 Å². The zero-order chi connectivity index (χ0) is 32.6. The Hall–Kier alpha value is -3.42. The average Bonchev–Trinajstić information content (AvgIpc) is 3.21. The van der Waals surface area contributed by atoms with Crippen molar-refractivity contribution in [2.24, 2.45) is 4.99 Å². The van der Waals surface area contributed by atoms with E-state index in [1.54, 1.807) is 0 Å². The number of para-hydroxylation sites is 1. The minimum Gasteiger partial charge on any atom is -0.494 e. The fourth-order valence-corrected chi connectivity index (χ4v) is 5.44. The van der Waals surface area contributed by atoms with Crippen molar-refractivity contribution in [1.29, 1.82) is 0 Å². The molecule has 0 spiro atoms. The number of nitrogens with zero attached hydrogens (tertiary/aromatic N) is 1. The quantitative estimate of drug-likeness (QED) is 0.0790. The largest absolute Gasteiger partial charge is 0.494 e. The van der Waals surface area contributed by atoms with Crippen LogP contribution in [0.3, 0.4) is 0 Å².